The predicted octanol–water partition coefficient (Wildman–Crippen LogP) is 2.01. The number of hydrogen-bond donors (Lipinski definition) is 2. The van der Waals surface area contributed by atoms with Crippen molar-refractivity contribution in [2.45, 2.75) is 45.3 Å². The summed E-state index contributed by atoms with van der Waals surface area (Å²) in [6.45, 7) is 4.54. The maximum Gasteiger partial charge on any atom is 0.401 e. The van der Waals surface area contributed by atoms with Gasteiger partial charge >= 0.3 is 6.18 Å². The number of aliphatic hydroxyl groups excluding tert-OH is 1. The monoisotopic (exact) mass is 270 g/mol. The number of halogens is 3. The fraction of sp³-hybridized carbons (Fsp3) is 1.00. The largest absolute Gasteiger partial charge is 0.401 e. The summed E-state index contributed by atoms with van der Waals surface area (Å²) >= 11 is 0. The quantitative estimate of drug-likeness (QED) is 0.637. The maximum absolute atomic E-state index is 12.3. The fourth-order valence-electron chi connectivity index (χ4n) is 1.78. The van der Waals surface area contributed by atoms with Gasteiger partial charge in [-0.15, -0.1) is 0 Å². The number of hydrogen-bond acceptors (Lipinski definition) is 3. The Balaban J connectivity index is 4.06. The number of alkyl halides is 3. The van der Waals surface area contributed by atoms with Gasteiger partial charge in [-0.05, 0) is 32.4 Å². The third kappa shape index (κ3) is 9.67. The Kier molecular flexibility index (Phi) is 9.40. The van der Waals surface area contributed by atoms with Crippen molar-refractivity contribution in [2.24, 2.45) is 0 Å². The van der Waals surface area contributed by atoms with Crippen LogP contribution in [0.25, 0.3) is 0 Å². The van der Waals surface area contributed by atoms with Crippen LogP contribution in [0.4, 0.5) is 13.2 Å². The van der Waals surface area contributed by atoms with E-state index in [1.54, 1.807) is 0 Å². The van der Waals surface area contributed by atoms with Crippen molar-refractivity contribution in [3.05, 3.63) is 0 Å². The molecule has 0 heterocycles. The van der Waals surface area contributed by atoms with Crippen LogP contribution in [-0.2, 0) is 0 Å². The molecule has 0 spiro atoms. The highest BCUT2D eigenvalue weighted by molar-refractivity contribution is 4.70. The van der Waals surface area contributed by atoms with Crippen LogP contribution in [0.15, 0.2) is 0 Å². The van der Waals surface area contributed by atoms with Gasteiger partial charge in [-0.25, -0.2) is 0 Å². The molecular weight excluding hydrogens is 245 g/mol. The van der Waals surface area contributed by atoms with Crippen molar-refractivity contribution in [1.29, 1.82) is 0 Å². The second-order valence-corrected chi connectivity index (χ2v) is 4.51. The molecule has 0 aliphatic carbocycles. The highest BCUT2D eigenvalue weighted by Crippen LogP contribution is 2.17. The molecule has 0 aliphatic heterocycles. The Bertz CT molecular complexity index is 200. The summed E-state index contributed by atoms with van der Waals surface area (Å²) in [6, 6.07) is -0.113. The van der Waals surface area contributed by atoms with E-state index in [4.69, 9.17) is 5.11 Å². The maximum atomic E-state index is 12.3. The Morgan fingerprint density at radius 3 is 2.28 bits per heavy atom. The molecule has 18 heavy (non-hydrogen) atoms. The molecule has 3 nitrogen and oxygen atoms in total. The summed E-state index contributed by atoms with van der Waals surface area (Å²) in [4.78, 5) is 1.40. The summed E-state index contributed by atoms with van der Waals surface area (Å²) < 4.78 is 37.0. The molecule has 6 heteroatoms. The zero-order valence-corrected chi connectivity index (χ0v) is 11.3. The summed E-state index contributed by atoms with van der Waals surface area (Å²) in [6.07, 6.45) is -1.98. The van der Waals surface area contributed by atoms with Crippen LogP contribution in [-0.4, -0.2) is 55.0 Å². The normalized spacial score (nSPS) is 14.2. The molecular formula is C12H25F3N2O. The minimum atomic E-state index is -4.15. The summed E-state index contributed by atoms with van der Waals surface area (Å²) in [5.41, 5.74) is 0. The number of nitrogens with one attached hydrogen (secondary N) is 1. The molecule has 0 aromatic carbocycles. The van der Waals surface area contributed by atoms with Crippen molar-refractivity contribution in [2.75, 3.05) is 32.8 Å². The molecule has 0 saturated heterocycles. The average molecular weight is 270 g/mol. The van der Waals surface area contributed by atoms with E-state index in [9.17, 15) is 13.2 Å². The molecule has 0 aromatic heterocycles. The Morgan fingerprint density at radius 1 is 1.17 bits per heavy atom. The lowest BCUT2D eigenvalue weighted by atomic mass is 10.2. The fourth-order valence-corrected chi connectivity index (χ4v) is 1.78. The number of aliphatic hydroxyl groups is 1. The van der Waals surface area contributed by atoms with E-state index < -0.39 is 12.7 Å². The summed E-state index contributed by atoms with van der Waals surface area (Å²) in [7, 11) is 0. The van der Waals surface area contributed by atoms with Crippen molar-refractivity contribution in [3.63, 3.8) is 0 Å². The minimum Gasteiger partial charge on any atom is -0.395 e. The van der Waals surface area contributed by atoms with Crippen molar-refractivity contribution in [1.82, 2.24) is 10.2 Å². The van der Waals surface area contributed by atoms with Crippen LogP contribution in [0.1, 0.15) is 33.1 Å². The molecule has 0 radical (unpaired) electrons. The predicted molar refractivity (Wildman–Crippen MR) is 66.6 cm³/mol. The lowest BCUT2D eigenvalue weighted by Crippen LogP contribution is -2.40. The SMILES string of the molecule is CCCNC(CO)CCN(CCC)CC(F)(F)F. The van der Waals surface area contributed by atoms with Crippen LogP contribution in [0, 0.1) is 0 Å². The first kappa shape index (κ1) is 17.7. The molecule has 0 fully saturated rings. The number of nitrogens with zero attached hydrogens (tertiary/aromatic N) is 1. The van der Waals surface area contributed by atoms with Crippen LogP contribution < -0.4 is 5.32 Å². The third-order valence-corrected chi connectivity index (χ3v) is 2.64. The molecule has 0 bridgehead atoms. The lowest BCUT2D eigenvalue weighted by Gasteiger charge is -2.25. The molecule has 0 rings (SSSR count). The lowest BCUT2D eigenvalue weighted by molar-refractivity contribution is -0.146. The average Bonchev–Trinajstić information content (AvgIpc) is 2.27. The Hall–Kier alpha value is -0.330. The molecule has 110 valence electrons. The topological polar surface area (TPSA) is 35.5 Å². The molecule has 1 atom stereocenters. The second kappa shape index (κ2) is 9.58. The smallest absolute Gasteiger partial charge is 0.395 e. The van der Waals surface area contributed by atoms with E-state index in [0.717, 1.165) is 13.0 Å². The van der Waals surface area contributed by atoms with E-state index in [-0.39, 0.29) is 12.6 Å². The zero-order chi connectivity index (χ0) is 14.0. The number of rotatable bonds is 10. The van der Waals surface area contributed by atoms with E-state index in [1.807, 2.05) is 13.8 Å². The highest BCUT2D eigenvalue weighted by Gasteiger charge is 2.30. The van der Waals surface area contributed by atoms with Crippen molar-refractivity contribution in [3.8, 4) is 0 Å². The first-order valence-corrected chi connectivity index (χ1v) is 6.56. The van der Waals surface area contributed by atoms with Gasteiger partial charge in [0.15, 0.2) is 0 Å². The van der Waals surface area contributed by atoms with Crippen LogP contribution in [0.5, 0.6) is 0 Å². The second-order valence-electron chi connectivity index (χ2n) is 4.51. The van der Waals surface area contributed by atoms with Gasteiger partial charge in [-0.1, -0.05) is 13.8 Å². The van der Waals surface area contributed by atoms with Gasteiger partial charge in [0.1, 0.15) is 0 Å². The molecule has 1 unspecified atom stereocenters. The van der Waals surface area contributed by atoms with E-state index in [1.165, 1.54) is 4.90 Å². The summed E-state index contributed by atoms with van der Waals surface area (Å²) in [5.74, 6) is 0. The van der Waals surface area contributed by atoms with Crippen molar-refractivity contribution < 1.29 is 18.3 Å². The molecule has 2 N–H and O–H groups in total. The van der Waals surface area contributed by atoms with Gasteiger partial charge in [0, 0.05) is 12.6 Å². The third-order valence-electron chi connectivity index (χ3n) is 2.64. The minimum absolute atomic E-state index is 0.0357. The van der Waals surface area contributed by atoms with Gasteiger partial charge in [0.05, 0.1) is 13.2 Å². The standard InChI is InChI=1S/C12H25F3N2O/c1-3-6-16-11(9-18)5-8-17(7-4-2)10-12(13,14)15/h11,16,18H,3-10H2,1-2H3. The molecule has 0 amide bonds. The van der Waals surface area contributed by atoms with E-state index in [2.05, 4.69) is 5.32 Å². The van der Waals surface area contributed by atoms with Crippen LogP contribution in [0.2, 0.25) is 0 Å². The first-order chi connectivity index (χ1) is 8.42. The van der Waals surface area contributed by atoms with Crippen LogP contribution in [0.3, 0.4) is 0 Å². The van der Waals surface area contributed by atoms with Crippen molar-refractivity contribution >= 4 is 0 Å². The first-order valence-electron chi connectivity index (χ1n) is 6.56. The van der Waals surface area contributed by atoms with E-state index in [0.29, 0.717) is 25.9 Å². The molecule has 0 aromatic rings. The molecule has 0 aliphatic rings. The van der Waals surface area contributed by atoms with Gasteiger partial charge in [-0.3, -0.25) is 4.90 Å². The highest BCUT2D eigenvalue weighted by atomic mass is 19.4. The van der Waals surface area contributed by atoms with Gasteiger partial charge < -0.3 is 10.4 Å². The van der Waals surface area contributed by atoms with Gasteiger partial charge in [0.25, 0.3) is 0 Å². The van der Waals surface area contributed by atoms with E-state index >= 15 is 0 Å². The van der Waals surface area contributed by atoms with Gasteiger partial charge in [-0.2, -0.15) is 13.2 Å². The molecule has 0 saturated carbocycles. The van der Waals surface area contributed by atoms with Gasteiger partial charge in [0.2, 0.25) is 0 Å². The zero-order valence-electron chi connectivity index (χ0n) is 11.3. The summed E-state index contributed by atoms with van der Waals surface area (Å²) in [5, 5.41) is 12.2. The Morgan fingerprint density at radius 2 is 1.83 bits per heavy atom. The van der Waals surface area contributed by atoms with Crippen LogP contribution >= 0.6 is 0 Å². The Labute approximate surface area is 107 Å².